The van der Waals surface area contributed by atoms with Crippen molar-refractivity contribution < 1.29 is 4.79 Å². The van der Waals surface area contributed by atoms with Gasteiger partial charge in [0.25, 0.3) is 0 Å². The normalized spacial score (nSPS) is 12.2. The fraction of sp³-hybridized carbons (Fsp3) is 0.600. The number of hydrogen-bond acceptors (Lipinski definition) is 2. The van der Waals surface area contributed by atoms with Crippen LogP contribution in [0, 0.1) is 6.92 Å². The second kappa shape index (κ2) is 12.9. The van der Waals surface area contributed by atoms with Crippen LogP contribution < -0.4 is 5.32 Å². The Morgan fingerprint density at radius 2 is 1.73 bits per heavy atom. The van der Waals surface area contributed by atoms with Gasteiger partial charge in [0.1, 0.15) is 0 Å². The lowest BCUT2D eigenvalue weighted by atomic mass is 10.0. The monoisotopic (exact) mass is 474 g/mol. The minimum absolute atomic E-state index is 0. The molecule has 1 aromatic rings. The van der Waals surface area contributed by atoms with Gasteiger partial charge in [-0.3, -0.25) is 9.79 Å². The lowest BCUT2D eigenvalue weighted by Crippen LogP contribution is -2.45. The molecule has 0 spiro atoms. The number of nitrogens with zero attached hydrogens (tertiary/aromatic N) is 3. The van der Waals surface area contributed by atoms with Crippen LogP contribution in [-0.2, 0) is 4.79 Å². The molecule has 26 heavy (non-hydrogen) atoms. The lowest BCUT2D eigenvalue weighted by Gasteiger charge is -2.26. The summed E-state index contributed by atoms with van der Waals surface area (Å²) in [5, 5.41) is 3.28. The van der Waals surface area contributed by atoms with Gasteiger partial charge < -0.3 is 15.1 Å². The highest BCUT2D eigenvalue weighted by molar-refractivity contribution is 14.0. The number of nitrogens with one attached hydrogen (secondary N) is 1. The van der Waals surface area contributed by atoms with Crippen molar-refractivity contribution in [3.63, 3.8) is 0 Å². The molecular formula is C20H35IN4O. The van der Waals surface area contributed by atoms with Crippen LogP contribution in [-0.4, -0.2) is 61.4 Å². The van der Waals surface area contributed by atoms with Crippen molar-refractivity contribution in [1.29, 1.82) is 0 Å². The summed E-state index contributed by atoms with van der Waals surface area (Å²) in [5.41, 5.74) is 2.55. The summed E-state index contributed by atoms with van der Waals surface area (Å²) < 4.78 is 0. The first-order chi connectivity index (χ1) is 11.9. The molecule has 0 heterocycles. The van der Waals surface area contributed by atoms with Gasteiger partial charge in [0.2, 0.25) is 5.91 Å². The van der Waals surface area contributed by atoms with Crippen molar-refractivity contribution in [2.24, 2.45) is 4.99 Å². The number of aryl methyl sites for hydroxylation is 1. The molecule has 1 aromatic carbocycles. The fourth-order valence-electron chi connectivity index (χ4n) is 2.65. The third kappa shape index (κ3) is 7.93. The maximum Gasteiger partial charge on any atom is 0.242 e. The van der Waals surface area contributed by atoms with Crippen molar-refractivity contribution in [3.05, 3.63) is 35.4 Å². The van der Waals surface area contributed by atoms with Crippen LogP contribution in [0.3, 0.4) is 0 Å². The summed E-state index contributed by atoms with van der Waals surface area (Å²) in [6.45, 7) is 13.6. The third-order valence-electron chi connectivity index (χ3n) is 4.35. The van der Waals surface area contributed by atoms with Crippen molar-refractivity contribution in [3.8, 4) is 0 Å². The molecule has 1 unspecified atom stereocenters. The zero-order chi connectivity index (χ0) is 18.8. The molecule has 0 aromatic heterocycles. The van der Waals surface area contributed by atoms with Gasteiger partial charge in [0, 0.05) is 39.1 Å². The third-order valence-corrected chi connectivity index (χ3v) is 4.35. The minimum Gasteiger partial charge on any atom is -0.357 e. The molecule has 0 bridgehead atoms. The molecule has 0 aliphatic heterocycles. The topological polar surface area (TPSA) is 47.9 Å². The molecule has 1 N–H and O–H groups in total. The van der Waals surface area contributed by atoms with Crippen LogP contribution >= 0.6 is 24.0 Å². The van der Waals surface area contributed by atoms with Crippen LogP contribution in [0.5, 0.6) is 0 Å². The predicted octanol–water partition coefficient (Wildman–Crippen LogP) is 3.48. The van der Waals surface area contributed by atoms with Crippen LogP contribution in [0.4, 0.5) is 0 Å². The predicted molar refractivity (Wildman–Crippen MR) is 122 cm³/mol. The second-order valence-electron chi connectivity index (χ2n) is 6.43. The number of benzene rings is 1. The Morgan fingerprint density at radius 1 is 1.15 bits per heavy atom. The number of amides is 1. The Hall–Kier alpha value is -1.31. The van der Waals surface area contributed by atoms with E-state index < -0.39 is 0 Å². The summed E-state index contributed by atoms with van der Waals surface area (Å²) in [5.74, 6) is 1.24. The van der Waals surface area contributed by atoms with E-state index in [0.29, 0.717) is 19.0 Å². The van der Waals surface area contributed by atoms with Crippen molar-refractivity contribution >= 4 is 35.8 Å². The van der Waals surface area contributed by atoms with Gasteiger partial charge in [0.15, 0.2) is 5.96 Å². The Bertz CT molecular complexity index is 555. The van der Waals surface area contributed by atoms with Crippen molar-refractivity contribution in [2.45, 2.75) is 40.5 Å². The maximum atomic E-state index is 12.3. The fourth-order valence-corrected chi connectivity index (χ4v) is 2.65. The van der Waals surface area contributed by atoms with E-state index in [1.54, 1.807) is 0 Å². The van der Waals surface area contributed by atoms with E-state index >= 15 is 0 Å². The zero-order valence-corrected chi connectivity index (χ0v) is 19.4. The minimum atomic E-state index is 0. The standard InChI is InChI=1S/C20H34N4O.HI/c1-7-21-20(23(6)15-19(25)24(8-2)9-3)22-14-17(5)18-12-10-16(4)11-13-18;/h10-13,17H,7-9,14-15H2,1-6H3,(H,21,22);1H. The van der Waals surface area contributed by atoms with E-state index in [2.05, 4.69) is 43.4 Å². The quantitative estimate of drug-likeness (QED) is 0.357. The number of aliphatic imine (C=N–C) groups is 1. The lowest BCUT2D eigenvalue weighted by molar-refractivity contribution is -0.131. The molecule has 1 atom stereocenters. The van der Waals surface area contributed by atoms with Gasteiger partial charge >= 0.3 is 0 Å². The Balaban J connectivity index is 0.00000625. The maximum absolute atomic E-state index is 12.3. The van der Waals surface area contributed by atoms with Crippen molar-refractivity contribution in [1.82, 2.24) is 15.1 Å². The zero-order valence-electron chi connectivity index (χ0n) is 17.1. The van der Waals surface area contributed by atoms with E-state index in [0.717, 1.165) is 25.6 Å². The van der Waals surface area contributed by atoms with Gasteiger partial charge in [-0.05, 0) is 33.3 Å². The SMILES string of the molecule is CCNC(=NCC(C)c1ccc(C)cc1)N(C)CC(=O)N(CC)CC.I. The Kier molecular flexibility index (Phi) is 12.3. The summed E-state index contributed by atoms with van der Waals surface area (Å²) in [4.78, 5) is 20.8. The molecule has 0 aliphatic rings. The van der Waals surface area contributed by atoms with Gasteiger partial charge in [-0.25, -0.2) is 0 Å². The van der Waals surface area contributed by atoms with Gasteiger partial charge in [-0.15, -0.1) is 24.0 Å². The largest absolute Gasteiger partial charge is 0.357 e. The van der Waals surface area contributed by atoms with Crippen LogP contribution in [0.2, 0.25) is 0 Å². The first-order valence-corrected chi connectivity index (χ1v) is 9.26. The number of carbonyl (C=O) groups is 1. The molecule has 1 rings (SSSR count). The Morgan fingerprint density at radius 3 is 2.23 bits per heavy atom. The van der Waals surface area contributed by atoms with Gasteiger partial charge in [-0.2, -0.15) is 0 Å². The van der Waals surface area contributed by atoms with Crippen LogP contribution in [0.25, 0.3) is 0 Å². The van der Waals surface area contributed by atoms with E-state index in [-0.39, 0.29) is 29.9 Å². The number of likely N-dealkylation sites (N-methyl/N-ethyl adjacent to an activating group) is 2. The summed E-state index contributed by atoms with van der Waals surface area (Å²) in [6, 6.07) is 8.59. The van der Waals surface area contributed by atoms with E-state index in [1.807, 2.05) is 37.6 Å². The van der Waals surface area contributed by atoms with Gasteiger partial charge in [0.05, 0.1) is 6.54 Å². The number of guanidine groups is 1. The average Bonchev–Trinajstić information content (AvgIpc) is 2.59. The first kappa shape index (κ1) is 24.7. The highest BCUT2D eigenvalue weighted by Crippen LogP contribution is 2.16. The van der Waals surface area contributed by atoms with E-state index in [9.17, 15) is 4.79 Å². The molecule has 0 saturated heterocycles. The number of carbonyl (C=O) groups excluding carboxylic acids is 1. The first-order valence-electron chi connectivity index (χ1n) is 9.26. The number of rotatable bonds is 8. The summed E-state index contributed by atoms with van der Waals surface area (Å²) in [7, 11) is 1.92. The number of halogens is 1. The molecule has 6 heteroatoms. The molecule has 0 saturated carbocycles. The van der Waals surface area contributed by atoms with E-state index in [4.69, 9.17) is 4.99 Å². The summed E-state index contributed by atoms with van der Waals surface area (Å²) >= 11 is 0. The van der Waals surface area contributed by atoms with Crippen LogP contribution in [0.1, 0.15) is 44.7 Å². The molecule has 0 aliphatic carbocycles. The molecule has 148 valence electrons. The Labute approximate surface area is 176 Å². The van der Waals surface area contributed by atoms with E-state index in [1.165, 1.54) is 11.1 Å². The molecule has 0 fully saturated rings. The molecular weight excluding hydrogens is 439 g/mol. The molecule has 0 radical (unpaired) electrons. The second-order valence-corrected chi connectivity index (χ2v) is 6.43. The summed E-state index contributed by atoms with van der Waals surface area (Å²) in [6.07, 6.45) is 0. The molecule has 1 amide bonds. The van der Waals surface area contributed by atoms with Crippen LogP contribution in [0.15, 0.2) is 29.3 Å². The number of hydrogen-bond donors (Lipinski definition) is 1. The highest BCUT2D eigenvalue weighted by Gasteiger charge is 2.15. The smallest absolute Gasteiger partial charge is 0.242 e. The van der Waals surface area contributed by atoms with Crippen molar-refractivity contribution in [2.75, 3.05) is 39.8 Å². The highest BCUT2D eigenvalue weighted by atomic mass is 127. The average molecular weight is 474 g/mol. The van der Waals surface area contributed by atoms with Gasteiger partial charge in [-0.1, -0.05) is 36.8 Å². The molecule has 5 nitrogen and oxygen atoms in total.